The second-order valence-corrected chi connectivity index (χ2v) is 41.5. The normalized spacial score (nSPS) is 10.3. The van der Waals surface area contributed by atoms with Gasteiger partial charge in [-0.1, -0.05) is 502 Å². The Labute approximate surface area is 863 Å². The summed E-state index contributed by atoms with van der Waals surface area (Å²) in [6, 6.07) is 95.5. The van der Waals surface area contributed by atoms with Gasteiger partial charge in [-0.15, -0.1) is 0 Å². The minimum Gasteiger partial charge on any atom is -0.207 e. The van der Waals surface area contributed by atoms with Crippen LogP contribution >= 0.6 is 78.3 Å². The molecule has 0 unspecified atom stereocenters. The summed E-state index contributed by atoms with van der Waals surface area (Å²) < 4.78 is 53.6. The SMILES string of the molecule is C.C.CC(C)c1ccc(F)cc1.CC(C)c1cccc(Br)c1.CC(C)c1cccc(Cl)c1.CC(C)c1ccccc1Br.CC(C)c1ccccc1Cl.CC(C)c1ccccc1F.Cc1ccc(C(C)C)c(Cl)c1.Cc1ccc(C(C)C)c(F)c1.Cc1ccc(C(C)C)cc1.Cc1ccc(C(C)C)cc1.Cc1ccc(C(C)C)cc1Cl.Cc1ccc(C(C)C)cc1F.Cc1cccc(C(C)C)c1. The molecule has 0 saturated carbocycles. The Morgan fingerprint density at radius 2 is 0.515 bits per heavy atom. The third-order valence-electron chi connectivity index (χ3n) is 21.6. The van der Waals surface area contributed by atoms with E-state index < -0.39 is 0 Å². The molecule has 0 atom stereocenters. The Balaban J connectivity index is 0. The molecule has 0 radical (unpaired) electrons. The van der Waals surface area contributed by atoms with E-state index in [0.717, 1.165) is 53.5 Å². The Kier molecular flexibility index (Phi) is 67.1. The molecule has 0 amide bonds. The van der Waals surface area contributed by atoms with Crippen molar-refractivity contribution in [3.63, 3.8) is 0 Å². The average Bonchev–Trinajstić information content (AvgIpc) is 0.871. The summed E-state index contributed by atoms with van der Waals surface area (Å²) in [5, 5.41) is 3.46. The largest absolute Gasteiger partial charge is 0.207 e. The Morgan fingerprint density at radius 3 is 0.846 bits per heavy atom. The van der Waals surface area contributed by atoms with Crippen LogP contribution in [0, 0.1) is 71.7 Å². The van der Waals surface area contributed by atoms with Gasteiger partial charge in [0.25, 0.3) is 0 Å². The zero-order valence-electron chi connectivity index (χ0n) is 87.0. The van der Waals surface area contributed by atoms with E-state index >= 15 is 0 Å². The van der Waals surface area contributed by atoms with E-state index in [1.54, 1.807) is 25.1 Å². The number of benzene rings is 13. The van der Waals surface area contributed by atoms with E-state index in [1.807, 2.05) is 151 Å². The zero-order valence-corrected chi connectivity index (χ0v) is 93.2. The third kappa shape index (κ3) is 54.9. The van der Waals surface area contributed by atoms with Gasteiger partial charge in [0, 0.05) is 29.0 Å². The van der Waals surface area contributed by atoms with Crippen LogP contribution in [0.15, 0.2) is 300 Å². The summed E-state index contributed by atoms with van der Waals surface area (Å²) in [6.07, 6.45) is 0. The Bertz CT molecular complexity index is 4900. The van der Waals surface area contributed by atoms with Crippen LogP contribution in [0.3, 0.4) is 0 Å². The summed E-state index contributed by atoms with van der Waals surface area (Å²) in [7, 11) is 0. The van der Waals surface area contributed by atoms with Crippen LogP contribution in [0.25, 0.3) is 0 Å². The first kappa shape index (κ1) is 130. The van der Waals surface area contributed by atoms with Gasteiger partial charge in [-0.2, -0.15) is 0 Å². The maximum absolute atomic E-state index is 13.1. The molecule has 0 bridgehead atoms. The maximum atomic E-state index is 13.1. The molecular formula is C126H168Br2Cl4F4. The molecule has 0 saturated heterocycles. The maximum Gasteiger partial charge on any atom is 0.126 e. The smallest absolute Gasteiger partial charge is 0.126 e. The molecule has 0 nitrogen and oxygen atoms in total. The van der Waals surface area contributed by atoms with Gasteiger partial charge in [0.15, 0.2) is 0 Å². The van der Waals surface area contributed by atoms with Crippen molar-refractivity contribution in [2.75, 3.05) is 0 Å². The summed E-state index contributed by atoms with van der Waals surface area (Å²) in [4.78, 5) is 0. The van der Waals surface area contributed by atoms with Gasteiger partial charge in [0.05, 0.1) is 0 Å². The molecule has 742 valence electrons. The molecule has 13 aromatic rings. The van der Waals surface area contributed by atoms with Gasteiger partial charge < -0.3 is 0 Å². The van der Waals surface area contributed by atoms with Crippen LogP contribution < -0.4 is 0 Å². The Hall–Kier alpha value is -8.30. The Morgan fingerprint density at radius 1 is 0.199 bits per heavy atom. The van der Waals surface area contributed by atoms with Crippen molar-refractivity contribution in [2.45, 2.75) is 320 Å². The summed E-state index contributed by atoms with van der Waals surface area (Å²) >= 11 is 30.6. The second-order valence-electron chi connectivity index (χ2n) is 38.0. The van der Waals surface area contributed by atoms with Crippen LogP contribution in [0.4, 0.5) is 17.6 Å². The molecule has 0 aromatic heterocycles. The molecule has 0 N–H and O–H groups in total. The lowest BCUT2D eigenvalue weighted by atomic mass is 10.0. The lowest BCUT2D eigenvalue weighted by Gasteiger charge is -2.07. The molecule has 0 heterocycles. The number of rotatable bonds is 13. The van der Waals surface area contributed by atoms with Crippen molar-refractivity contribution in [3.05, 3.63) is 455 Å². The first-order valence-electron chi connectivity index (χ1n) is 47.5. The molecule has 0 spiro atoms. The number of hydrogen-bond donors (Lipinski definition) is 0. The molecule has 0 fully saturated rings. The van der Waals surface area contributed by atoms with E-state index in [-0.39, 0.29) is 50.0 Å². The van der Waals surface area contributed by atoms with Gasteiger partial charge in [0.1, 0.15) is 23.3 Å². The van der Waals surface area contributed by atoms with E-state index in [9.17, 15) is 17.6 Å². The van der Waals surface area contributed by atoms with E-state index in [1.165, 1.54) is 105 Å². The minimum atomic E-state index is -0.163. The van der Waals surface area contributed by atoms with Gasteiger partial charge in [-0.25, -0.2) is 17.6 Å². The van der Waals surface area contributed by atoms with E-state index in [2.05, 4.69) is 357 Å². The van der Waals surface area contributed by atoms with Crippen LogP contribution in [0.1, 0.15) is 383 Å². The summed E-state index contributed by atoms with van der Waals surface area (Å²) in [5.41, 5.74) is 24.0. The summed E-state index contributed by atoms with van der Waals surface area (Å²) in [5.74, 6) is 6.36. The van der Waals surface area contributed by atoms with Crippen LogP contribution in [0.2, 0.25) is 20.1 Å². The highest BCUT2D eigenvalue weighted by Crippen LogP contribution is 2.30. The molecule has 0 aliphatic heterocycles. The monoisotopic (exact) mass is 2060 g/mol. The molecule has 0 aliphatic rings. The fourth-order valence-corrected chi connectivity index (χ4v) is 14.8. The fourth-order valence-electron chi connectivity index (χ4n) is 12.5. The molecule has 13 rings (SSSR count). The van der Waals surface area contributed by atoms with Gasteiger partial charge in [-0.05, 0) is 299 Å². The fraction of sp³-hybridized carbons (Fsp3) is 0.381. The molecule has 10 heteroatoms. The average molecular weight is 2060 g/mol. The molecular weight excluding hydrogens is 1890 g/mol. The predicted octanol–water partition coefficient (Wildman–Crippen LogP) is 44.7. The second kappa shape index (κ2) is 70.3. The van der Waals surface area contributed by atoms with Crippen molar-refractivity contribution in [2.24, 2.45) is 0 Å². The summed E-state index contributed by atoms with van der Waals surface area (Å²) in [6.45, 7) is 69.7. The van der Waals surface area contributed by atoms with Gasteiger partial charge >= 0.3 is 0 Å². The highest BCUT2D eigenvalue weighted by atomic mass is 79.9. The van der Waals surface area contributed by atoms with Gasteiger partial charge in [-0.3, -0.25) is 0 Å². The standard InChI is InChI=1S/2C10H13Cl.2C10H13F.3C10H14.2C9H11Br.2C9H11Cl.2C9H11F.2CH4/c1-7(2)9-5-4-8(3)10(11)6-9;1-7(2)9-5-4-8(3)6-10(9)11;1-7(2)9-5-4-8(3)10(11)6-9;1-7(2)9-5-4-8(3)6-10(9)11;2*1-8(2)10-6-4-9(3)5-7-10;1-8(2)10-6-4-5-9(3)7-10;1-7(2)8-4-3-5-9(10)6-8;1-7(2)8-5-3-4-6-9(8)10;1-7(2)8-4-3-5-9(10)6-8;1-7(2)8-5-3-4-6-9(8)10;1-7(2)8-3-5-9(10)6-4-8;1-7(2)8-5-3-4-6-9(8)10;;/h4*4-7H,1-3H3;3*4-8H,1-3H3;6*3-7H,1-2H3;2*1H4. The third-order valence-corrected chi connectivity index (χ3v) is 24.2. The number of hydrogen-bond acceptors (Lipinski definition) is 0. The highest BCUT2D eigenvalue weighted by molar-refractivity contribution is 9.10. The van der Waals surface area contributed by atoms with E-state index in [4.69, 9.17) is 46.4 Å². The van der Waals surface area contributed by atoms with Crippen molar-refractivity contribution in [3.8, 4) is 0 Å². The van der Waals surface area contributed by atoms with Crippen molar-refractivity contribution in [1.29, 1.82) is 0 Å². The van der Waals surface area contributed by atoms with Crippen LogP contribution in [0.5, 0.6) is 0 Å². The van der Waals surface area contributed by atoms with Crippen LogP contribution in [-0.2, 0) is 0 Å². The van der Waals surface area contributed by atoms with Crippen LogP contribution in [-0.4, -0.2) is 0 Å². The van der Waals surface area contributed by atoms with Crippen molar-refractivity contribution >= 4 is 78.3 Å². The molecule has 0 aliphatic carbocycles. The topological polar surface area (TPSA) is 0 Å². The quantitative estimate of drug-likeness (QED) is 0.101. The minimum absolute atomic E-state index is 0. The number of aryl methyl sites for hydroxylation is 7. The molecule has 13 aromatic carbocycles. The lowest BCUT2D eigenvalue weighted by Crippen LogP contribution is -1.92. The first-order valence-corrected chi connectivity index (χ1v) is 50.6. The lowest BCUT2D eigenvalue weighted by molar-refractivity contribution is 0.597. The predicted molar refractivity (Wildman–Crippen MR) is 609 cm³/mol. The highest BCUT2D eigenvalue weighted by Gasteiger charge is 2.11. The first-order chi connectivity index (χ1) is 62.8. The zero-order chi connectivity index (χ0) is 102. The molecule has 136 heavy (non-hydrogen) atoms. The van der Waals surface area contributed by atoms with Gasteiger partial charge in [0.2, 0.25) is 0 Å². The van der Waals surface area contributed by atoms with Crippen molar-refractivity contribution < 1.29 is 17.6 Å². The van der Waals surface area contributed by atoms with E-state index in [0.29, 0.717) is 65.1 Å². The number of halogens is 10. The van der Waals surface area contributed by atoms with Crippen molar-refractivity contribution in [1.82, 2.24) is 0 Å².